The fourth-order valence-electron chi connectivity index (χ4n) is 3.10. The van der Waals surface area contributed by atoms with Crippen molar-refractivity contribution in [2.24, 2.45) is 0 Å². The van der Waals surface area contributed by atoms with Gasteiger partial charge in [0, 0.05) is 12.6 Å². The minimum Gasteiger partial charge on any atom is -0.389 e. The lowest BCUT2D eigenvalue weighted by Crippen LogP contribution is -2.46. The van der Waals surface area contributed by atoms with Crippen LogP contribution in [-0.4, -0.2) is 66.9 Å². The molecule has 22 heavy (non-hydrogen) atoms. The molecule has 2 rings (SSSR count). The van der Waals surface area contributed by atoms with Crippen LogP contribution in [0.5, 0.6) is 0 Å². The topological polar surface area (TPSA) is 35.9 Å². The summed E-state index contributed by atoms with van der Waals surface area (Å²) >= 11 is 0. The molecule has 1 aromatic rings. The molecule has 1 aromatic carbocycles. The number of aliphatic hydroxyl groups excluding tert-OH is 1. The second-order valence-corrected chi connectivity index (χ2v) is 6.26. The number of hydrogen-bond acceptors (Lipinski definition) is 4. The van der Waals surface area contributed by atoms with Crippen LogP contribution >= 0.6 is 0 Å². The van der Waals surface area contributed by atoms with Gasteiger partial charge in [0.15, 0.2) is 0 Å². The predicted molar refractivity (Wildman–Crippen MR) is 89.9 cm³/mol. The van der Waals surface area contributed by atoms with Gasteiger partial charge < -0.3 is 19.6 Å². The van der Waals surface area contributed by atoms with Crippen LogP contribution in [0.4, 0.5) is 0 Å². The van der Waals surface area contributed by atoms with Crippen molar-refractivity contribution in [2.75, 3.05) is 39.8 Å². The van der Waals surface area contributed by atoms with Gasteiger partial charge in [0.1, 0.15) is 0 Å². The van der Waals surface area contributed by atoms with Gasteiger partial charge in [-0.05, 0) is 45.1 Å². The molecule has 1 N–H and O–H groups in total. The average Bonchev–Trinajstić information content (AvgIpc) is 2.56. The zero-order valence-electron chi connectivity index (χ0n) is 13.9. The van der Waals surface area contributed by atoms with Crippen LogP contribution in [0.25, 0.3) is 0 Å². The van der Waals surface area contributed by atoms with E-state index in [1.54, 1.807) is 0 Å². The lowest BCUT2D eigenvalue weighted by Gasteiger charge is -2.37. The summed E-state index contributed by atoms with van der Waals surface area (Å²) in [6.45, 7) is 7.36. The van der Waals surface area contributed by atoms with E-state index in [4.69, 9.17) is 4.74 Å². The van der Waals surface area contributed by atoms with E-state index in [9.17, 15) is 5.11 Å². The molecule has 0 spiro atoms. The summed E-state index contributed by atoms with van der Waals surface area (Å²) in [4.78, 5) is 4.79. The number of piperidine rings is 1. The van der Waals surface area contributed by atoms with Crippen LogP contribution in [0, 0.1) is 0 Å². The zero-order valence-corrected chi connectivity index (χ0v) is 13.9. The van der Waals surface area contributed by atoms with E-state index < -0.39 is 6.10 Å². The van der Waals surface area contributed by atoms with Crippen molar-refractivity contribution in [1.29, 1.82) is 0 Å². The van der Waals surface area contributed by atoms with Crippen LogP contribution < -0.4 is 0 Å². The fraction of sp³-hybridized carbons (Fsp3) is 0.667. The van der Waals surface area contributed by atoms with Gasteiger partial charge in [-0.1, -0.05) is 37.3 Å². The van der Waals surface area contributed by atoms with Crippen molar-refractivity contribution in [3.63, 3.8) is 0 Å². The molecule has 1 fully saturated rings. The summed E-state index contributed by atoms with van der Waals surface area (Å²) < 4.78 is 5.62. The molecule has 124 valence electrons. The highest BCUT2D eigenvalue weighted by atomic mass is 16.5. The van der Waals surface area contributed by atoms with E-state index >= 15 is 0 Å². The molecule has 1 heterocycles. The van der Waals surface area contributed by atoms with Crippen LogP contribution in [0.1, 0.15) is 25.3 Å². The molecule has 1 saturated heterocycles. The first kappa shape index (κ1) is 17.4. The highest BCUT2D eigenvalue weighted by molar-refractivity contribution is 5.13. The first-order valence-electron chi connectivity index (χ1n) is 8.41. The highest BCUT2D eigenvalue weighted by Gasteiger charge is 2.22. The van der Waals surface area contributed by atoms with Crippen molar-refractivity contribution in [3.05, 3.63) is 35.9 Å². The van der Waals surface area contributed by atoms with Crippen LogP contribution in [0.2, 0.25) is 0 Å². The van der Waals surface area contributed by atoms with Gasteiger partial charge >= 0.3 is 0 Å². The van der Waals surface area contributed by atoms with Crippen LogP contribution in [0.15, 0.2) is 30.3 Å². The molecule has 0 aliphatic carbocycles. The maximum absolute atomic E-state index is 10.1. The summed E-state index contributed by atoms with van der Waals surface area (Å²) in [5.74, 6) is 0. The highest BCUT2D eigenvalue weighted by Crippen LogP contribution is 2.15. The van der Waals surface area contributed by atoms with Crippen molar-refractivity contribution in [1.82, 2.24) is 9.80 Å². The Labute approximate surface area is 134 Å². The molecule has 4 nitrogen and oxygen atoms in total. The van der Waals surface area contributed by atoms with Gasteiger partial charge in [-0.15, -0.1) is 0 Å². The van der Waals surface area contributed by atoms with Gasteiger partial charge in [0.25, 0.3) is 0 Å². The Kier molecular flexibility index (Phi) is 7.33. The number of nitrogens with zero attached hydrogens (tertiary/aromatic N) is 2. The molecular formula is C18H30N2O2. The first-order valence-corrected chi connectivity index (χ1v) is 8.41. The summed E-state index contributed by atoms with van der Waals surface area (Å²) in [6, 6.07) is 10.7. The Balaban J connectivity index is 1.63. The Hall–Kier alpha value is -0.940. The van der Waals surface area contributed by atoms with E-state index in [1.165, 1.54) is 25.9 Å². The molecule has 1 aliphatic rings. The smallest absolute Gasteiger partial charge is 0.0900 e. The molecule has 1 unspecified atom stereocenters. The maximum atomic E-state index is 10.1. The Morgan fingerprint density at radius 3 is 2.59 bits per heavy atom. The van der Waals surface area contributed by atoms with Crippen molar-refractivity contribution < 1.29 is 9.84 Å². The van der Waals surface area contributed by atoms with Crippen molar-refractivity contribution in [2.45, 2.75) is 38.5 Å². The van der Waals surface area contributed by atoms with E-state index in [-0.39, 0.29) is 0 Å². The Morgan fingerprint density at radius 2 is 1.95 bits per heavy atom. The largest absolute Gasteiger partial charge is 0.389 e. The van der Waals surface area contributed by atoms with Crippen LogP contribution in [-0.2, 0) is 11.3 Å². The summed E-state index contributed by atoms with van der Waals surface area (Å²) in [5.41, 5.74) is 1.15. The summed E-state index contributed by atoms with van der Waals surface area (Å²) in [7, 11) is 2.12. The lowest BCUT2D eigenvalue weighted by atomic mass is 10.0. The van der Waals surface area contributed by atoms with Gasteiger partial charge in [-0.25, -0.2) is 0 Å². The second-order valence-electron chi connectivity index (χ2n) is 6.26. The molecular weight excluding hydrogens is 276 g/mol. The molecule has 1 atom stereocenters. The average molecular weight is 306 g/mol. The molecule has 0 aromatic heterocycles. The van der Waals surface area contributed by atoms with Gasteiger partial charge in [0.2, 0.25) is 0 Å². The molecule has 0 radical (unpaired) electrons. The monoisotopic (exact) mass is 306 g/mol. The second kappa shape index (κ2) is 9.26. The molecule has 0 saturated carbocycles. The lowest BCUT2D eigenvalue weighted by molar-refractivity contribution is 0.00220. The van der Waals surface area contributed by atoms with Crippen molar-refractivity contribution in [3.8, 4) is 0 Å². The quantitative estimate of drug-likeness (QED) is 0.797. The van der Waals surface area contributed by atoms with E-state index in [0.717, 1.165) is 12.1 Å². The SMILES string of the molecule is CCN1CCC(N(C)CC(O)COCc2ccccc2)CC1. The number of rotatable bonds is 8. The molecule has 0 bridgehead atoms. The number of likely N-dealkylation sites (tertiary alicyclic amines) is 1. The third-order valence-electron chi connectivity index (χ3n) is 4.55. The number of benzene rings is 1. The van der Waals surface area contributed by atoms with Crippen molar-refractivity contribution >= 4 is 0 Å². The molecule has 4 heteroatoms. The van der Waals surface area contributed by atoms with E-state index in [0.29, 0.717) is 25.8 Å². The normalized spacial score (nSPS) is 18.7. The first-order chi connectivity index (χ1) is 10.7. The number of likely N-dealkylation sites (N-methyl/N-ethyl adjacent to an activating group) is 1. The number of aliphatic hydroxyl groups is 1. The van der Waals surface area contributed by atoms with Gasteiger partial charge in [-0.3, -0.25) is 0 Å². The Bertz CT molecular complexity index is 405. The summed E-state index contributed by atoms with van der Waals surface area (Å²) in [5, 5.41) is 10.1. The molecule has 0 amide bonds. The van der Waals surface area contributed by atoms with E-state index in [1.807, 2.05) is 30.3 Å². The van der Waals surface area contributed by atoms with Gasteiger partial charge in [0.05, 0.1) is 19.3 Å². The maximum Gasteiger partial charge on any atom is 0.0900 e. The Morgan fingerprint density at radius 1 is 1.27 bits per heavy atom. The standard InChI is InChI=1S/C18H30N2O2/c1-3-20-11-9-17(10-12-20)19(2)13-18(21)15-22-14-16-7-5-4-6-8-16/h4-8,17-18,21H,3,9-15H2,1-2H3. The summed E-state index contributed by atoms with van der Waals surface area (Å²) in [6.07, 6.45) is 1.97. The van der Waals surface area contributed by atoms with E-state index in [2.05, 4.69) is 23.8 Å². The zero-order chi connectivity index (χ0) is 15.8. The predicted octanol–water partition coefficient (Wildman–Crippen LogP) is 1.98. The minimum absolute atomic E-state index is 0.396. The third-order valence-corrected chi connectivity index (χ3v) is 4.55. The fourth-order valence-corrected chi connectivity index (χ4v) is 3.10. The third kappa shape index (κ3) is 5.69. The van der Waals surface area contributed by atoms with Crippen LogP contribution in [0.3, 0.4) is 0 Å². The van der Waals surface area contributed by atoms with Gasteiger partial charge in [-0.2, -0.15) is 0 Å². The number of hydrogen-bond donors (Lipinski definition) is 1. The minimum atomic E-state index is -0.419. The number of ether oxygens (including phenoxy) is 1. The molecule has 1 aliphatic heterocycles.